The predicted octanol–water partition coefficient (Wildman–Crippen LogP) is 3.77. The van der Waals surface area contributed by atoms with Gasteiger partial charge in [0.05, 0.1) is 18.0 Å². The SMILES string of the molecule is COc1ccc2[nH]cc(CCNC(=O)[C@@H]3Cc4cc([N+](=O)[O-])ccc4N4CC5CC(Cn6c5cccc6=O)[C@@H]34)c2c1. The minimum atomic E-state index is -0.389. The second-order valence-electron chi connectivity index (χ2n) is 11.4. The molecule has 0 aliphatic carbocycles. The van der Waals surface area contributed by atoms with E-state index in [2.05, 4.69) is 15.2 Å². The van der Waals surface area contributed by atoms with Crippen molar-refractivity contribution in [1.29, 1.82) is 0 Å². The van der Waals surface area contributed by atoms with Gasteiger partial charge in [0.2, 0.25) is 5.91 Å². The fourth-order valence-electron chi connectivity index (χ4n) is 7.39. The van der Waals surface area contributed by atoms with E-state index in [-0.39, 0.29) is 45.9 Å². The maximum Gasteiger partial charge on any atom is 0.269 e. The number of nitrogens with one attached hydrogen (secondary N) is 2. The molecule has 1 fully saturated rings. The third-order valence-corrected chi connectivity index (χ3v) is 9.21. The molecule has 7 rings (SSSR count). The van der Waals surface area contributed by atoms with Crippen molar-refractivity contribution < 1.29 is 14.5 Å². The quantitative estimate of drug-likeness (QED) is 0.277. The lowest BCUT2D eigenvalue weighted by Gasteiger charge is -2.54. The van der Waals surface area contributed by atoms with Gasteiger partial charge in [-0.3, -0.25) is 19.7 Å². The first-order chi connectivity index (χ1) is 19.9. The summed E-state index contributed by atoms with van der Waals surface area (Å²) in [6.45, 7) is 1.69. The van der Waals surface area contributed by atoms with E-state index in [0.29, 0.717) is 32.5 Å². The Bertz CT molecular complexity index is 1740. The molecule has 0 spiro atoms. The van der Waals surface area contributed by atoms with E-state index >= 15 is 0 Å². The van der Waals surface area contributed by atoms with Crippen LogP contribution < -0.4 is 20.5 Å². The molecule has 10 heteroatoms. The van der Waals surface area contributed by atoms with Gasteiger partial charge < -0.3 is 24.5 Å². The van der Waals surface area contributed by atoms with Gasteiger partial charge >= 0.3 is 0 Å². The summed E-state index contributed by atoms with van der Waals surface area (Å²) in [4.78, 5) is 43.4. The van der Waals surface area contributed by atoms with Gasteiger partial charge in [0.1, 0.15) is 5.75 Å². The summed E-state index contributed by atoms with van der Waals surface area (Å²) >= 11 is 0. The van der Waals surface area contributed by atoms with Gasteiger partial charge in [-0.05, 0) is 66.6 Å². The van der Waals surface area contributed by atoms with Crippen LogP contribution in [0, 0.1) is 22.0 Å². The number of ether oxygens (including phenoxy) is 1. The van der Waals surface area contributed by atoms with Crippen LogP contribution in [0.5, 0.6) is 5.75 Å². The van der Waals surface area contributed by atoms with E-state index in [1.54, 1.807) is 25.3 Å². The number of anilines is 1. The molecular weight excluding hydrogens is 522 g/mol. The monoisotopic (exact) mass is 553 g/mol. The fourth-order valence-corrected chi connectivity index (χ4v) is 7.39. The van der Waals surface area contributed by atoms with Crippen LogP contribution in [0.3, 0.4) is 0 Å². The molecule has 5 heterocycles. The number of carbonyl (C=O) groups is 1. The Morgan fingerprint density at radius 2 is 2.05 bits per heavy atom. The number of aromatic amines is 1. The molecule has 0 saturated carbocycles. The summed E-state index contributed by atoms with van der Waals surface area (Å²) < 4.78 is 7.26. The molecule has 3 aliphatic rings. The highest BCUT2D eigenvalue weighted by Crippen LogP contribution is 2.47. The maximum absolute atomic E-state index is 13.9. The molecule has 2 N–H and O–H groups in total. The summed E-state index contributed by atoms with van der Waals surface area (Å²) in [6, 6.07) is 16.2. The number of carbonyl (C=O) groups excluding carboxylic acids is 1. The van der Waals surface area contributed by atoms with Crippen LogP contribution in [0.25, 0.3) is 10.9 Å². The van der Waals surface area contributed by atoms with E-state index < -0.39 is 0 Å². The Kier molecular flexibility index (Phi) is 6.06. The van der Waals surface area contributed by atoms with E-state index in [9.17, 15) is 19.7 Å². The van der Waals surface area contributed by atoms with Crippen LogP contribution in [0.1, 0.15) is 29.2 Å². The van der Waals surface area contributed by atoms with Gasteiger partial charge in [-0.1, -0.05) is 6.07 Å². The van der Waals surface area contributed by atoms with Gasteiger partial charge in [-0.2, -0.15) is 0 Å². The molecule has 1 saturated heterocycles. The fraction of sp³-hybridized carbons (Fsp3) is 0.355. The molecule has 4 aromatic rings. The minimum Gasteiger partial charge on any atom is -0.497 e. The van der Waals surface area contributed by atoms with Gasteiger partial charge in [-0.15, -0.1) is 0 Å². The van der Waals surface area contributed by atoms with Crippen molar-refractivity contribution in [2.45, 2.75) is 37.8 Å². The van der Waals surface area contributed by atoms with Gasteiger partial charge in [0.15, 0.2) is 0 Å². The molecule has 2 unspecified atom stereocenters. The number of methoxy groups -OCH3 is 1. The van der Waals surface area contributed by atoms with Gasteiger partial charge in [-0.25, -0.2) is 0 Å². The lowest BCUT2D eigenvalue weighted by Crippen LogP contribution is -2.61. The summed E-state index contributed by atoms with van der Waals surface area (Å²) in [5, 5.41) is 15.8. The Morgan fingerprint density at radius 3 is 2.88 bits per heavy atom. The maximum atomic E-state index is 13.9. The predicted molar refractivity (Wildman–Crippen MR) is 155 cm³/mol. The normalized spacial score (nSPS) is 22.4. The summed E-state index contributed by atoms with van der Waals surface area (Å²) in [6.07, 6.45) is 3.95. The number of hydrogen-bond donors (Lipinski definition) is 2. The standard InChI is InChI=1S/C31H31N5O5/c1-41-23-6-7-26-24(14-23)18(15-33-26)9-10-32-31(38)25-13-19-12-22(36(39)40)5-8-28(19)35-16-20-11-21(30(25)35)17-34-27(20)3-2-4-29(34)37/h2-8,12,14-15,20-21,25,30,33H,9-11,13,16-17H2,1H3,(H,32,38)/t20?,21?,25-,30+/m1/s1. The smallest absolute Gasteiger partial charge is 0.269 e. The van der Waals surface area contributed by atoms with Crippen LogP contribution >= 0.6 is 0 Å². The zero-order valence-corrected chi connectivity index (χ0v) is 22.7. The van der Waals surface area contributed by atoms with Crippen molar-refractivity contribution in [3.8, 4) is 5.75 Å². The number of nitrogens with zero attached hydrogens (tertiary/aromatic N) is 3. The number of rotatable bonds is 6. The summed E-state index contributed by atoms with van der Waals surface area (Å²) in [5.41, 5.74) is 4.94. The molecular formula is C31H31N5O5. The van der Waals surface area contributed by atoms with Crippen LogP contribution in [-0.4, -0.2) is 46.6 Å². The van der Waals surface area contributed by atoms with Crippen LogP contribution in [0.15, 0.2) is 65.6 Å². The van der Waals surface area contributed by atoms with E-state index in [0.717, 1.165) is 45.6 Å². The third kappa shape index (κ3) is 4.25. The number of H-pyrrole nitrogens is 1. The van der Waals surface area contributed by atoms with Crippen LogP contribution in [0.4, 0.5) is 11.4 Å². The number of piperidine rings is 1. The number of non-ortho nitro benzene ring substituents is 1. The van der Waals surface area contributed by atoms with E-state index in [4.69, 9.17) is 4.74 Å². The number of amides is 1. The molecule has 2 aromatic carbocycles. The minimum absolute atomic E-state index is 0.00570. The van der Waals surface area contributed by atoms with Gasteiger partial charge in [0, 0.05) is 78.3 Å². The highest BCUT2D eigenvalue weighted by Gasteiger charge is 2.49. The number of nitro groups is 1. The van der Waals surface area contributed by atoms with E-state index in [1.807, 2.05) is 47.2 Å². The molecule has 210 valence electrons. The molecule has 41 heavy (non-hydrogen) atoms. The number of pyridine rings is 1. The first kappa shape index (κ1) is 25.4. The van der Waals surface area contributed by atoms with Crippen molar-refractivity contribution >= 4 is 28.2 Å². The lowest BCUT2D eigenvalue weighted by atomic mass is 9.70. The topological polar surface area (TPSA) is 122 Å². The first-order valence-electron chi connectivity index (χ1n) is 14.1. The largest absolute Gasteiger partial charge is 0.497 e. The molecule has 2 aromatic heterocycles. The second-order valence-corrected chi connectivity index (χ2v) is 11.4. The lowest BCUT2D eigenvalue weighted by molar-refractivity contribution is -0.384. The Balaban J connectivity index is 1.18. The Hall–Kier alpha value is -4.60. The molecule has 4 atom stereocenters. The molecule has 10 nitrogen and oxygen atoms in total. The zero-order chi connectivity index (χ0) is 28.2. The molecule has 2 bridgehead atoms. The number of hydrogen-bond acceptors (Lipinski definition) is 6. The van der Waals surface area contributed by atoms with Crippen molar-refractivity contribution in [1.82, 2.24) is 14.9 Å². The van der Waals surface area contributed by atoms with Crippen LogP contribution in [-0.2, 0) is 24.2 Å². The van der Waals surface area contributed by atoms with Crippen molar-refractivity contribution in [2.75, 3.05) is 25.1 Å². The highest BCUT2D eigenvalue weighted by atomic mass is 16.6. The van der Waals surface area contributed by atoms with Crippen molar-refractivity contribution in [2.24, 2.45) is 11.8 Å². The van der Waals surface area contributed by atoms with Crippen molar-refractivity contribution in [3.05, 3.63) is 98.1 Å². The number of aromatic nitrogens is 2. The average molecular weight is 554 g/mol. The Labute approximate surface area is 236 Å². The number of benzene rings is 2. The average Bonchev–Trinajstić information content (AvgIpc) is 3.38. The molecule has 3 aliphatic heterocycles. The summed E-state index contributed by atoms with van der Waals surface area (Å²) in [5.74, 6) is 0.601. The van der Waals surface area contributed by atoms with Crippen molar-refractivity contribution in [3.63, 3.8) is 0 Å². The first-order valence-corrected chi connectivity index (χ1v) is 14.1. The summed E-state index contributed by atoms with van der Waals surface area (Å²) in [7, 11) is 1.64. The molecule has 0 radical (unpaired) electrons. The zero-order valence-electron chi connectivity index (χ0n) is 22.7. The number of nitro benzene ring substituents is 1. The molecule has 1 amide bonds. The number of fused-ring (bicyclic) bond motifs is 9. The van der Waals surface area contributed by atoms with E-state index in [1.165, 1.54) is 0 Å². The second kappa shape index (κ2) is 9.79. The third-order valence-electron chi connectivity index (χ3n) is 9.21. The van der Waals surface area contributed by atoms with Crippen LogP contribution in [0.2, 0.25) is 0 Å². The highest BCUT2D eigenvalue weighted by molar-refractivity contribution is 5.85. The Morgan fingerprint density at radius 1 is 1.17 bits per heavy atom. The van der Waals surface area contributed by atoms with Gasteiger partial charge in [0.25, 0.3) is 11.2 Å².